The highest BCUT2D eigenvalue weighted by molar-refractivity contribution is 7.91. The Morgan fingerprint density at radius 1 is 1.16 bits per heavy atom. The zero-order valence-corrected chi connectivity index (χ0v) is 14.3. The third-order valence-corrected chi connectivity index (χ3v) is 4.67. The van der Waals surface area contributed by atoms with Crippen LogP contribution in [0.15, 0.2) is 53.7 Å². The van der Waals surface area contributed by atoms with Crippen LogP contribution in [0.3, 0.4) is 0 Å². The molecule has 0 radical (unpaired) electrons. The smallest absolute Gasteiger partial charge is 0.243 e. The maximum absolute atomic E-state index is 12.5. The summed E-state index contributed by atoms with van der Waals surface area (Å²) in [5.41, 5.74) is 1.20. The van der Waals surface area contributed by atoms with Crippen LogP contribution in [-0.2, 0) is 16.3 Å². The van der Waals surface area contributed by atoms with Crippen LogP contribution in [0.1, 0.15) is 5.56 Å². The number of fused-ring (bicyclic) bond motifs is 1. The molecule has 3 aromatic rings. The summed E-state index contributed by atoms with van der Waals surface area (Å²) in [6, 6.07) is 10.3. The largest absolute Gasteiger partial charge is 0.488 e. The monoisotopic (exact) mass is 361 g/mol. The number of halogens is 1. The summed E-state index contributed by atoms with van der Waals surface area (Å²) in [7, 11) is -2.78. The lowest BCUT2D eigenvalue weighted by Gasteiger charge is -2.11. The molecule has 0 aliphatic heterocycles. The fraction of sp³-hybridized carbons (Fsp3) is 0.176. The normalized spacial score (nSPS) is 13.4. The number of alkyl halides is 1. The molecule has 0 unspecified atom stereocenters. The van der Waals surface area contributed by atoms with E-state index in [1.807, 2.05) is 6.07 Å². The van der Waals surface area contributed by atoms with Crippen molar-refractivity contribution in [1.29, 1.82) is 4.78 Å². The first-order valence-electron chi connectivity index (χ1n) is 7.37. The Labute approximate surface area is 144 Å². The van der Waals surface area contributed by atoms with Gasteiger partial charge >= 0.3 is 0 Å². The minimum absolute atomic E-state index is 0.104. The van der Waals surface area contributed by atoms with E-state index in [1.165, 1.54) is 18.6 Å². The molecule has 1 N–H and O–H groups in total. The number of benzene rings is 1. The van der Waals surface area contributed by atoms with Crippen molar-refractivity contribution in [2.24, 2.45) is 0 Å². The zero-order chi connectivity index (χ0) is 17.9. The van der Waals surface area contributed by atoms with Gasteiger partial charge in [-0.25, -0.2) is 18.4 Å². The predicted octanol–water partition coefficient (Wildman–Crippen LogP) is 3.55. The lowest BCUT2D eigenvalue weighted by molar-refractivity contribution is 0.187. The Morgan fingerprint density at radius 2 is 1.96 bits per heavy atom. The summed E-state index contributed by atoms with van der Waals surface area (Å²) in [4.78, 5) is 8.58. The molecule has 0 aliphatic carbocycles. The van der Waals surface area contributed by atoms with Crippen LogP contribution in [0.4, 0.5) is 4.39 Å². The molecule has 0 fully saturated rings. The Hall–Kier alpha value is -2.74. The Morgan fingerprint density at radius 3 is 2.72 bits per heavy atom. The maximum Gasteiger partial charge on any atom is 0.243 e. The molecule has 0 saturated heterocycles. The van der Waals surface area contributed by atoms with Crippen molar-refractivity contribution in [3.8, 4) is 11.6 Å². The summed E-state index contributed by atoms with van der Waals surface area (Å²) in [6.45, 7) is -0.765. The van der Waals surface area contributed by atoms with Gasteiger partial charge in [-0.1, -0.05) is 12.1 Å². The number of nitrogens with one attached hydrogen (secondary N) is 1. The summed E-state index contributed by atoms with van der Waals surface area (Å²) in [5, 5.41) is 0.650. The average Bonchev–Trinajstić information content (AvgIpc) is 2.60. The number of rotatable bonds is 6. The van der Waals surface area contributed by atoms with Gasteiger partial charge in [0.05, 0.1) is 9.73 Å². The van der Waals surface area contributed by atoms with E-state index in [1.54, 1.807) is 30.3 Å². The Balaban J connectivity index is 1.88. The van der Waals surface area contributed by atoms with Crippen molar-refractivity contribution in [2.75, 3.05) is 13.1 Å². The maximum atomic E-state index is 12.5. The van der Waals surface area contributed by atoms with Crippen LogP contribution in [0.2, 0.25) is 0 Å². The van der Waals surface area contributed by atoms with Crippen molar-refractivity contribution in [2.45, 2.75) is 11.5 Å². The van der Waals surface area contributed by atoms with Crippen LogP contribution in [0.25, 0.3) is 10.9 Å². The second kappa shape index (κ2) is 7.02. The number of hydrogen-bond acceptors (Lipinski definition) is 6. The van der Waals surface area contributed by atoms with Gasteiger partial charge in [-0.3, -0.25) is 4.98 Å². The molecule has 0 amide bonds. The van der Waals surface area contributed by atoms with Gasteiger partial charge in [0, 0.05) is 28.9 Å². The van der Waals surface area contributed by atoms with E-state index in [-0.39, 0.29) is 12.5 Å². The van der Waals surface area contributed by atoms with Crippen LogP contribution >= 0.6 is 0 Å². The first-order valence-corrected chi connectivity index (χ1v) is 9.33. The van der Waals surface area contributed by atoms with Crippen molar-refractivity contribution < 1.29 is 18.1 Å². The first-order chi connectivity index (χ1) is 12.0. The number of ether oxygens (including phenoxy) is 2. The van der Waals surface area contributed by atoms with Gasteiger partial charge in [-0.05, 0) is 29.8 Å². The molecule has 1 aromatic carbocycles. The van der Waals surface area contributed by atoms with Crippen molar-refractivity contribution in [1.82, 2.24) is 9.97 Å². The van der Waals surface area contributed by atoms with Gasteiger partial charge in [-0.15, -0.1) is 0 Å². The molecule has 25 heavy (non-hydrogen) atoms. The number of nitrogens with zero attached hydrogens (tertiary/aromatic N) is 2. The molecule has 0 spiro atoms. The average molecular weight is 361 g/mol. The molecule has 1 atom stereocenters. The van der Waals surface area contributed by atoms with Crippen LogP contribution in [0.5, 0.6) is 11.6 Å². The van der Waals surface area contributed by atoms with Gasteiger partial charge < -0.3 is 9.47 Å². The molecular weight excluding hydrogens is 345 g/mol. The summed E-state index contributed by atoms with van der Waals surface area (Å²) < 4.78 is 42.6. The predicted molar refractivity (Wildman–Crippen MR) is 92.0 cm³/mol. The van der Waals surface area contributed by atoms with E-state index in [0.717, 1.165) is 5.56 Å². The van der Waals surface area contributed by atoms with Gasteiger partial charge in [0.1, 0.15) is 17.9 Å². The summed E-state index contributed by atoms with van der Waals surface area (Å²) >= 11 is 0. The second-order valence-corrected chi connectivity index (χ2v) is 7.51. The minimum Gasteiger partial charge on any atom is -0.488 e. The van der Waals surface area contributed by atoms with E-state index in [4.69, 9.17) is 14.3 Å². The molecule has 2 aromatic heterocycles. The van der Waals surface area contributed by atoms with Crippen LogP contribution in [0, 0.1) is 4.78 Å². The molecule has 8 heteroatoms. The highest BCUT2D eigenvalue weighted by Crippen LogP contribution is 2.29. The molecule has 3 rings (SSSR count). The first kappa shape index (κ1) is 17.1. The van der Waals surface area contributed by atoms with Gasteiger partial charge in [-0.2, -0.15) is 0 Å². The van der Waals surface area contributed by atoms with Crippen LogP contribution < -0.4 is 9.47 Å². The second-order valence-electron chi connectivity index (χ2n) is 5.35. The Bertz CT molecular complexity index is 1010. The van der Waals surface area contributed by atoms with Gasteiger partial charge in [0.15, 0.2) is 0 Å². The Kier molecular flexibility index (Phi) is 4.80. The van der Waals surface area contributed by atoms with E-state index >= 15 is 0 Å². The third kappa shape index (κ3) is 3.85. The van der Waals surface area contributed by atoms with E-state index in [0.29, 0.717) is 21.5 Å². The fourth-order valence-electron chi connectivity index (χ4n) is 2.35. The molecule has 2 heterocycles. The van der Waals surface area contributed by atoms with E-state index in [9.17, 15) is 8.60 Å². The molecule has 0 saturated carbocycles. The van der Waals surface area contributed by atoms with E-state index in [2.05, 4.69) is 9.97 Å². The number of aromatic nitrogens is 2. The number of pyridine rings is 2. The molecule has 6 nitrogen and oxygen atoms in total. The quantitative estimate of drug-likeness (QED) is 0.726. The fourth-order valence-corrected chi connectivity index (χ4v) is 3.06. The minimum atomic E-state index is -2.78. The highest BCUT2D eigenvalue weighted by Gasteiger charge is 2.10. The molecular formula is C17H16FN3O3S. The topological polar surface area (TPSA) is 85.2 Å². The molecule has 0 bridgehead atoms. The third-order valence-electron chi connectivity index (χ3n) is 3.52. The van der Waals surface area contributed by atoms with Crippen molar-refractivity contribution >= 4 is 20.6 Å². The zero-order valence-electron chi connectivity index (χ0n) is 13.4. The highest BCUT2D eigenvalue weighted by atomic mass is 32.2. The lowest BCUT2D eigenvalue weighted by atomic mass is 10.2. The lowest BCUT2D eigenvalue weighted by Crippen LogP contribution is -2.01. The van der Waals surface area contributed by atoms with Gasteiger partial charge in [0.2, 0.25) is 12.7 Å². The van der Waals surface area contributed by atoms with Crippen molar-refractivity contribution in [3.05, 3.63) is 54.4 Å². The van der Waals surface area contributed by atoms with Crippen molar-refractivity contribution in [3.63, 3.8) is 0 Å². The molecule has 130 valence electrons. The van der Waals surface area contributed by atoms with E-state index < -0.39 is 16.6 Å². The number of hydrogen-bond donors (Lipinski definition) is 1. The van der Waals surface area contributed by atoms with Gasteiger partial charge in [0.25, 0.3) is 0 Å². The van der Waals surface area contributed by atoms with Crippen LogP contribution in [-0.4, -0.2) is 27.3 Å². The molecule has 0 aliphatic rings. The standard InChI is InChI=1S/C17H16FN3O3S/c1-25(19,22)13-4-2-3-12(9-13)10-23-15-6-8-20-16-14(15)5-7-21-17(16)24-11-18/h2-9,19H,10-11H2,1H3/t25-/m1/s1. The summed E-state index contributed by atoms with van der Waals surface area (Å²) in [6.07, 6.45) is 4.40. The SMILES string of the molecule is C[S@@](=N)(=O)c1cccc(COc2ccnc3c(OCF)nccc23)c1. The summed E-state index contributed by atoms with van der Waals surface area (Å²) in [5.74, 6) is 0.650.